The molecule has 3 rings (SSSR count). The molecule has 1 aliphatic rings. The van der Waals surface area contributed by atoms with Gasteiger partial charge in [-0.2, -0.15) is 5.10 Å². The average Bonchev–Trinajstić information content (AvgIpc) is 2.90. The van der Waals surface area contributed by atoms with Crippen LogP contribution in [0, 0.1) is 6.92 Å². The van der Waals surface area contributed by atoms with Crippen LogP contribution in [0.1, 0.15) is 51.6 Å². The van der Waals surface area contributed by atoms with Gasteiger partial charge in [0, 0.05) is 23.7 Å². The first kappa shape index (κ1) is 15.8. The van der Waals surface area contributed by atoms with E-state index in [1.807, 2.05) is 0 Å². The Balaban J connectivity index is 2.06. The Morgan fingerprint density at radius 1 is 1.29 bits per heavy atom. The number of aryl methyl sites for hydroxylation is 1. The molecule has 2 aromatic rings. The Morgan fingerprint density at radius 2 is 2.04 bits per heavy atom. The van der Waals surface area contributed by atoms with Crippen LogP contribution >= 0.6 is 0 Å². The summed E-state index contributed by atoms with van der Waals surface area (Å²) >= 11 is 0. The molecule has 24 heavy (non-hydrogen) atoms. The Labute approximate surface area is 139 Å². The summed E-state index contributed by atoms with van der Waals surface area (Å²) in [4.78, 5) is 34.9. The number of rotatable bonds is 3. The molecule has 1 aliphatic heterocycles. The number of hydrogen-bond donors (Lipinski definition) is 1. The van der Waals surface area contributed by atoms with Crippen molar-refractivity contribution in [1.29, 1.82) is 0 Å². The predicted octanol–water partition coefficient (Wildman–Crippen LogP) is 1.83. The van der Waals surface area contributed by atoms with Crippen LogP contribution in [0.25, 0.3) is 0 Å². The van der Waals surface area contributed by atoms with Crippen molar-refractivity contribution in [2.75, 3.05) is 4.90 Å². The molecule has 0 spiro atoms. The second-order valence-corrected chi connectivity index (χ2v) is 5.68. The van der Waals surface area contributed by atoms with Crippen LogP contribution in [0.5, 0.6) is 0 Å². The Morgan fingerprint density at radius 3 is 2.71 bits per heavy atom. The van der Waals surface area contributed by atoms with Gasteiger partial charge in [-0.25, -0.2) is 9.97 Å². The number of anilines is 1. The molecule has 122 valence electrons. The Hall–Kier alpha value is -3.09. The molecule has 0 fully saturated rings. The third kappa shape index (κ3) is 2.54. The lowest BCUT2D eigenvalue weighted by Crippen LogP contribution is -2.24. The molecule has 2 aromatic heterocycles. The SMILES string of the molecule is CC(=O)c1nc(C)cc2c1CN(c1cccc(/C(C)=N/N)n1)C2=O. The molecule has 1 amide bonds. The topological polar surface area (TPSA) is 102 Å². The molecule has 0 unspecified atom stereocenters. The van der Waals surface area contributed by atoms with Crippen molar-refractivity contribution in [1.82, 2.24) is 9.97 Å². The van der Waals surface area contributed by atoms with E-state index < -0.39 is 0 Å². The zero-order chi connectivity index (χ0) is 17.4. The van der Waals surface area contributed by atoms with Gasteiger partial charge in [0.25, 0.3) is 5.91 Å². The lowest BCUT2D eigenvalue weighted by Gasteiger charge is -2.15. The van der Waals surface area contributed by atoms with E-state index in [2.05, 4.69) is 15.1 Å². The molecular formula is C17H17N5O2. The second kappa shape index (κ2) is 5.84. The van der Waals surface area contributed by atoms with E-state index in [1.54, 1.807) is 38.1 Å². The maximum absolute atomic E-state index is 12.8. The summed E-state index contributed by atoms with van der Waals surface area (Å²) in [7, 11) is 0. The van der Waals surface area contributed by atoms with Gasteiger partial charge >= 0.3 is 0 Å². The number of amides is 1. The fourth-order valence-corrected chi connectivity index (χ4v) is 2.74. The van der Waals surface area contributed by atoms with E-state index in [0.717, 1.165) is 0 Å². The number of aromatic nitrogens is 2. The number of ketones is 1. The number of carbonyl (C=O) groups excluding carboxylic acids is 2. The van der Waals surface area contributed by atoms with Gasteiger partial charge in [-0.1, -0.05) is 6.07 Å². The van der Waals surface area contributed by atoms with Crippen molar-refractivity contribution in [3.63, 3.8) is 0 Å². The molecule has 3 heterocycles. The molecule has 0 aromatic carbocycles. The highest BCUT2D eigenvalue weighted by molar-refractivity contribution is 6.12. The van der Waals surface area contributed by atoms with Crippen molar-refractivity contribution in [3.05, 3.63) is 52.5 Å². The van der Waals surface area contributed by atoms with E-state index in [-0.39, 0.29) is 18.2 Å². The zero-order valence-electron chi connectivity index (χ0n) is 13.7. The summed E-state index contributed by atoms with van der Waals surface area (Å²) in [5, 5.41) is 3.63. The van der Waals surface area contributed by atoms with Gasteiger partial charge in [0.2, 0.25) is 0 Å². The largest absolute Gasteiger partial charge is 0.323 e. The molecule has 0 radical (unpaired) electrons. The summed E-state index contributed by atoms with van der Waals surface area (Å²) in [6.45, 7) is 5.23. The second-order valence-electron chi connectivity index (χ2n) is 5.68. The molecule has 0 saturated carbocycles. The number of hydrogen-bond acceptors (Lipinski definition) is 6. The highest BCUT2D eigenvalue weighted by Gasteiger charge is 2.33. The Bertz CT molecular complexity index is 889. The van der Waals surface area contributed by atoms with Crippen LogP contribution in [-0.4, -0.2) is 27.4 Å². The Kier molecular flexibility index (Phi) is 3.84. The van der Waals surface area contributed by atoms with E-state index in [0.29, 0.717) is 39.7 Å². The number of Topliss-reactive ketones (excluding diaryl/α,β-unsaturated/α-hetero) is 1. The first-order valence-corrected chi connectivity index (χ1v) is 7.47. The van der Waals surface area contributed by atoms with Gasteiger partial charge in [-0.3, -0.25) is 14.5 Å². The standard InChI is InChI=1S/C17H17N5O2/c1-9-7-12-13(16(19-9)11(3)23)8-22(17(12)24)15-6-4-5-14(20-15)10(2)21-18/h4-7H,8,18H2,1-3H3/b21-10+. The van der Waals surface area contributed by atoms with Gasteiger partial charge in [0.05, 0.1) is 18.0 Å². The lowest BCUT2D eigenvalue weighted by atomic mass is 10.1. The van der Waals surface area contributed by atoms with Crippen LogP contribution < -0.4 is 10.7 Å². The molecule has 0 atom stereocenters. The van der Waals surface area contributed by atoms with Gasteiger partial charge in [0.1, 0.15) is 11.5 Å². The summed E-state index contributed by atoms with van der Waals surface area (Å²) in [6.07, 6.45) is 0. The van der Waals surface area contributed by atoms with Crippen molar-refractivity contribution in [2.24, 2.45) is 10.9 Å². The van der Waals surface area contributed by atoms with Crippen molar-refractivity contribution in [3.8, 4) is 0 Å². The van der Waals surface area contributed by atoms with Gasteiger partial charge < -0.3 is 5.84 Å². The van der Waals surface area contributed by atoms with E-state index in [4.69, 9.17) is 5.84 Å². The quantitative estimate of drug-likeness (QED) is 0.402. The normalized spacial score (nSPS) is 14.0. The first-order valence-electron chi connectivity index (χ1n) is 7.47. The summed E-state index contributed by atoms with van der Waals surface area (Å²) in [5.41, 5.74) is 3.31. The minimum atomic E-state index is -0.190. The fourth-order valence-electron chi connectivity index (χ4n) is 2.74. The fraction of sp³-hybridized carbons (Fsp3) is 0.235. The van der Waals surface area contributed by atoms with Gasteiger partial charge in [-0.15, -0.1) is 0 Å². The monoisotopic (exact) mass is 323 g/mol. The summed E-state index contributed by atoms with van der Waals surface area (Å²) in [6, 6.07) is 7.01. The number of pyridine rings is 2. The number of fused-ring (bicyclic) bond motifs is 1. The number of nitrogens with two attached hydrogens (primary N) is 1. The van der Waals surface area contributed by atoms with E-state index >= 15 is 0 Å². The van der Waals surface area contributed by atoms with Crippen LogP contribution in [0.15, 0.2) is 29.4 Å². The minimum Gasteiger partial charge on any atom is -0.323 e. The van der Waals surface area contributed by atoms with Gasteiger partial charge in [-0.05, 0) is 32.0 Å². The average molecular weight is 323 g/mol. The smallest absolute Gasteiger partial charge is 0.260 e. The molecular weight excluding hydrogens is 306 g/mol. The van der Waals surface area contributed by atoms with E-state index in [9.17, 15) is 9.59 Å². The first-order chi connectivity index (χ1) is 11.4. The third-order valence-corrected chi connectivity index (χ3v) is 3.95. The number of hydrazone groups is 1. The van der Waals surface area contributed by atoms with Gasteiger partial charge in [0.15, 0.2) is 5.78 Å². The molecule has 7 nitrogen and oxygen atoms in total. The maximum atomic E-state index is 12.8. The lowest BCUT2D eigenvalue weighted by molar-refractivity contribution is 0.0993. The van der Waals surface area contributed by atoms with Crippen LogP contribution in [0.3, 0.4) is 0 Å². The summed E-state index contributed by atoms with van der Waals surface area (Å²) < 4.78 is 0. The van der Waals surface area contributed by atoms with Crippen LogP contribution in [0.2, 0.25) is 0 Å². The molecule has 2 N–H and O–H groups in total. The zero-order valence-corrected chi connectivity index (χ0v) is 13.7. The maximum Gasteiger partial charge on any atom is 0.260 e. The predicted molar refractivity (Wildman–Crippen MR) is 90.1 cm³/mol. The molecule has 0 aliphatic carbocycles. The summed E-state index contributed by atoms with van der Waals surface area (Å²) in [5.74, 6) is 5.44. The minimum absolute atomic E-state index is 0.155. The third-order valence-electron chi connectivity index (χ3n) is 3.95. The van der Waals surface area contributed by atoms with E-state index in [1.165, 1.54) is 11.8 Å². The van der Waals surface area contributed by atoms with Crippen molar-refractivity contribution >= 4 is 23.2 Å². The molecule has 7 heteroatoms. The van der Waals surface area contributed by atoms with Crippen LogP contribution in [0.4, 0.5) is 5.82 Å². The number of nitrogens with zero attached hydrogens (tertiary/aromatic N) is 4. The molecule has 0 saturated heterocycles. The van der Waals surface area contributed by atoms with Crippen LogP contribution in [-0.2, 0) is 6.54 Å². The van der Waals surface area contributed by atoms with Crippen molar-refractivity contribution < 1.29 is 9.59 Å². The number of carbonyl (C=O) groups is 2. The van der Waals surface area contributed by atoms with Crippen molar-refractivity contribution in [2.45, 2.75) is 27.3 Å². The molecule has 0 bridgehead atoms. The highest BCUT2D eigenvalue weighted by atomic mass is 16.2. The highest BCUT2D eigenvalue weighted by Crippen LogP contribution is 2.29.